The van der Waals surface area contributed by atoms with Crippen LogP contribution in [0.3, 0.4) is 0 Å². The van der Waals surface area contributed by atoms with E-state index in [1.54, 1.807) is 0 Å². The van der Waals surface area contributed by atoms with Gasteiger partial charge < -0.3 is 5.32 Å². The van der Waals surface area contributed by atoms with Crippen LogP contribution in [0.15, 0.2) is 30.3 Å². The number of hydrogen-bond acceptors (Lipinski definition) is 2. The van der Waals surface area contributed by atoms with Gasteiger partial charge in [-0.3, -0.25) is 4.90 Å². The molecule has 0 amide bonds. The second-order valence-electron chi connectivity index (χ2n) is 5.35. The summed E-state index contributed by atoms with van der Waals surface area (Å²) in [6.45, 7) is 3.65. The molecule has 2 unspecified atom stereocenters. The van der Waals surface area contributed by atoms with Crippen molar-refractivity contribution in [3.05, 3.63) is 35.9 Å². The molecule has 2 fully saturated rings. The summed E-state index contributed by atoms with van der Waals surface area (Å²) in [6.07, 6.45) is 5.35. The summed E-state index contributed by atoms with van der Waals surface area (Å²) in [4.78, 5) is 2.76. The van der Waals surface area contributed by atoms with Crippen molar-refractivity contribution in [3.63, 3.8) is 0 Å². The molecule has 0 aromatic heterocycles. The monoisotopic (exact) mass is 230 g/mol. The fourth-order valence-electron chi connectivity index (χ4n) is 3.35. The van der Waals surface area contributed by atoms with Crippen LogP contribution in [0.5, 0.6) is 0 Å². The van der Waals surface area contributed by atoms with Crippen LogP contribution < -0.4 is 5.32 Å². The van der Waals surface area contributed by atoms with E-state index in [2.05, 4.69) is 40.5 Å². The summed E-state index contributed by atoms with van der Waals surface area (Å²) in [7, 11) is 0. The number of benzene rings is 1. The van der Waals surface area contributed by atoms with Crippen LogP contribution >= 0.6 is 0 Å². The Labute approximate surface area is 104 Å². The smallest absolute Gasteiger partial charge is 0.0224 e. The van der Waals surface area contributed by atoms with Crippen molar-refractivity contribution in [1.82, 2.24) is 10.2 Å². The van der Waals surface area contributed by atoms with Crippen LogP contribution in [-0.2, 0) is 6.42 Å². The summed E-state index contributed by atoms with van der Waals surface area (Å²) in [5, 5.41) is 3.57. The van der Waals surface area contributed by atoms with Gasteiger partial charge in [0.1, 0.15) is 0 Å². The third-order valence-electron chi connectivity index (χ3n) is 4.31. The van der Waals surface area contributed by atoms with E-state index in [1.807, 2.05) is 0 Å². The molecule has 0 spiro atoms. The highest BCUT2D eigenvalue weighted by Gasteiger charge is 2.33. The second-order valence-corrected chi connectivity index (χ2v) is 5.35. The molecule has 0 radical (unpaired) electrons. The van der Waals surface area contributed by atoms with Crippen LogP contribution in [0, 0.1) is 0 Å². The van der Waals surface area contributed by atoms with E-state index < -0.39 is 0 Å². The van der Waals surface area contributed by atoms with E-state index in [-0.39, 0.29) is 0 Å². The number of rotatable bonds is 3. The molecule has 2 aliphatic rings. The quantitative estimate of drug-likeness (QED) is 0.855. The Bertz CT molecular complexity index is 335. The van der Waals surface area contributed by atoms with Gasteiger partial charge in [-0.1, -0.05) is 30.3 Å². The lowest BCUT2D eigenvalue weighted by atomic mass is 10.1. The van der Waals surface area contributed by atoms with Gasteiger partial charge in [0.25, 0.3) is 0 Å². The van der Waals surface area contributed by atoms with Crippen LogP contribution in [0.2, 0.25) is 0 Å². The van der Waals surface area contributed by atoms with Gasteiger partial charge in [0.15, 0.2) is 0 Å². The summed E-state index contributed by atoms with van der Waals surface area (Å²) < 4.78 is 0. The van der Waals surface area contributed by atoms with Crippen molar-refractivity contribution >= 4 is 0 Å². The number of hydrogen-bond donors (Lipinski definition) is 1. The molecule has 2 bridgehead atoms. The van der Waals surface area contributed by atoms with E-state index in [1.165, 1.54) is 50.9 Å². The molecule has 1 aromatic carbocycles. The molecular formula is C15H22N2. The van der Waals surface area contributed by atoms with Crippen molar-refractivity contribution < 1.29 is 0 Å². The van der Waals surface area contributed by atoms with Crippen molar-refractivity contribution in [2.75, 3.05) is 19.6 Å². The average Bonchev–Trinajstić information content (AvgIpc) is 2.61. The average molecular weight is 230 g/mol. The van der Waals surface area contributed by atoms with Gasteiger partial charge in [-0.15, -0.1) is 0 Å². The van der Waals surface area contributed by atoms with E-state index >= 15 is 0 Å². The van der Waals surface area contributed by atoms with E-state index in [4.69, 9.17) is 0 Å². The molecule has 2 atom stereocenters. The topological polar surface area (TPSA) is 15.3 Å². The molecule has 3 rings (SSSR count). The molecule has 2 aliphatic heterocycles. The Balaban J connectivity index is 1.61. The molecule has 17 heavy (non-hydrogen) atoms. The summed E-state index contributed by atoms with van der Waals surface area (Å²) >= 11 is 0. The highest BCUT2D eigenvalue weighted by atomic mass is 15.2. The van der Waals surface area contributed by atoms with Gasteiger partial charge in [0, 0.05) is 25.2 Å². The molecule has 0 saturated carbocycles. The maximum Gasteiger partial charge on any atom is 0.0224 e. The first-order valence-corrected chi connectivity index (χ1v) is 6.94. The Kier molecular flexibility index (Phi) is 3.44. The zero-order valence-corrected chi connectivity index (χ0v) is 10.4. The fraction of sp³-hybridized carbons (Fsp3) is 0.600. The maximum absolute atomic E-state index is 3.57. The van der Waals surface area contributed by atoms with Gasteiger partial charge in [-0.2, -0.15) is 0 Å². The minimum absolute atomic E-state index is 0.797. The predicted molar refractivity (Wildman–Crippen MR) is 71.1 cm³/mol. The predicted octanol–water partition coefficient (Wildman–Crippen LogP) is 2.06. The standard InChI is InChI=1S/C15H22N2/c1-2-4-13(5-3-1)9-11-17-14-6-7-15(17)12-16-10-8-14/h1-5,14-16H,6-12H2. The normalized spacial score (nSPS) is 29.2. The Hall–Kier alpha value is -0.860. The van der Waals surface area contributed by atoms with Crippen molar-refractivity contribution in [1.29, 1.82) is 0 Å². The second kappa shape index (κ2) is 5.19. The minimum Gasteiger partial charge on any atom is -0.315 e. The van der Waals surface area contributed by atoms with Gasteiger partial charge in [-0.25, -0.2) is 0 Å². The van der Waals surface area contributed by atoms with Crippen LogP contribution in [-0.4, -0.2) is 36.6 Å². The van der Waals surface area contributed by atoms with Crippen molar-refractivity contribution in [2.45, 2.75) is 37.8 Å². The number of fused-ring (bicyclic) bond motifs is 2. The molecule has 92 valence electrons. The van der Waals surface area contributed by atoms with E-state index in [0.717, 1.165) is 12.1 Å². The number of nitrogens with one attached hydrogen (secondary N) is 1. The third-order valence-corrected chi connectivity index (χ3v) is 4.31. The third kappa shape index (κ3) is 2.53. The molecule has 2 saturated heterocycles. The lowest BCUT2D eigenvalue weighted by Gasteiger charge is -2.27. The highest BCUT2D eigenvalue weighted by Crippen LogP contribution is 2.27. The molecule has 1 aromatic rings. The first-order chi connectivity index (χ1) is 8.43. The Morgan fingerprint density at radius 3 is 2.76 bits per heavy atom. The molecule has 2 nitrogen and oxygen atoms in total. The first-order valence-electron chi connectivity index (χ1n) is 6.94. The lowest BCUT2D eigenvalue weighted by Crippen LogP contribution is -2.39. The van der Waals surface area contributed by atoms with Crippen molar-refractivity contribution in [3.8, 4) is 0 Å². The van der Waals surface area contributed by atoms with Crippen LogP contribution in [0.4, 0.5) is 0 Å². The van der Waals surface area contributed by atoms with Gasteiger partial charge in [-0.05, 0) is 37.8 Å². The van der Waals surface area contributed by atoms with Gasteiger partial charge in [0.2, 0.25) is 0 Å². The minimum atomic E-state index is 0.797. The van der Waals surface area contributed by atoms with E-state index in [9.17, 15) is 0 Å². The highest BCUT2D eigenvalue weighted by molar-refractivity contribution is 5.15. The lowest BCUT2D eigenvalue weighted by molar-refractivity contribution is 0.205. The zero-order chi connectivity index (χ0) is 11.5. The van der Waals surface area contributed by atoms with Crippen LogP contribution in [0.25, 0.3) is 0 Å². The maximum atomic E-state index is 3.57. The molecule has 0 aliphatic carbocycles. The molecule has 2 heterocycles. The van der Waals surface area contributed by atoms with Crippen LogP contribution in [0.1, 0.15) is 24.8 Å². The first kappa shape index (κ1) is 11.2. The van der Waals surface area contributed by atoms with Gasteiger partial charge >= 0.3 is 0 Å². The van der Waals surface area contributed by atoms with Crippen molar-refractivity contribution in [2.24, 2.45) is 0 Å². The molecule has 2 heteroatoms. The SMILES string of the molecule is c1ccc(CCN2C3CCNCC2CC3)cc1. The van der Waals surface area contributed by atoms with E-state index in [0.29, 0.717) is 0 Å². The largest absolute Gasteiger partial charge is 0.315 e. The summed E-state index contributed by atoms with van der Waals surface area (Å²) in [5.74, 6) is 0. The summed E-state index contributed by atoms with van der Waals surface area (Å²) in [6, 6.07) is 12.5. The zero-order valence-electron chi connectivity index (χ0n) is 10.4. The molecular weight excluding hydrogens is 208 g/mol. The Morgan fingerprint density at radius 1 is 1.06 bits per heavy atom. The summed E-state index contributed by atoms with van der Waals surface area (Å²) in [5.41, 5.74) is 1.48. The molecule has 1 N–H and O–H groups in total. The Morgan fingerprint density at radius 2 is 1.88 bits per heavy atom. The van der Waals surface area contributed by atoms with Gasteiger partial charge in [0.05, 0.1) is 0 Å². The number of nitrogens with zero attached hydrogens (tertiary/aromatic N) is 1. The fourth-order valence-corrected chi connectivity index (χ4v) is 3.35.